The smallest absolute Gasteiger partial charge is 1.00 e. The Labute approximate surface area is 119 Å². The van der Waals surface area contributed by atoms with E-state index in [1.807, 2.05) is 0 Å². The van der Waals surface area contributed by atoms with Crippen molar-refractivity contribution in [3.05, 3.63) is 0 Å². The van der Waals surface area contributed by atoms with Gasteiger partial charge in [-0.25, -0.2) is 9.59 Å². The summed E-state index contributed by atoms with van der Waals surface area (Å²) in [5.74, 6) is -6.36. The monoisotopic (exact) mass is 276 g/mol. The van der Waals surface area contributed by atoms with Crippen LogP contribution in [0.15, 0.2) is 0 Å². The van der Waals surface area contributed by atoms with Crippen molar-refractivity contribution in [2.24, 2.45) is 0 Å². The molecule has 0 amide bonds. The molecule has 0 rings (SSSR count). The molecular weight excluding hydrogens is 264 g/mol. The van der Waals surface area contributed by atoms with E-state index in [0.717, 1.165) is 0 Å². The van der Waals surface area contributed by atoms with Crippen molar-refractivity contribution in [2.45, 2.75) is 25.0 Å². The summed E-state index contributed by atoms with van der Waals surface area (Å²) in [6.07, 6.45) is -5.74. The number of carbonyl (C=O) groups is 4. The summed E-state index contributed by atoms with van der Waals surface area (Å²) in [5.41, 5.74) is 0. The third-order valence-electron chi connectivity index (χ3n) is 1.60. The van der Waals surface area contributed by atoms with Gasteiger partial charge in [0.2, 0.25) is 0 Å². The van der Waals surface area contributed by atoms with Crippen molar-refractivity contribution in [3.63, 3.8) is 0 Å². The molecule has 2 unspecified atom stereocenters. The van der Waals surface area contributed by atoms with Gasteiger partial charge in [0.25, 0.3) is 0 Å². The quantitative estimate of drug-likeness (QED) is 0.395. The minimum atomic E-state index is -1.91. The molecule has 0 aromatic carbocycles. The Bertz CT molecular complexity index is 317. The molecule has 0 aliphatic rings. The van der Waals surface area contributed by atoms with Crippen molar-refractivity contribution < 1.29 is 47.2 Å². The molecule has 0 saturated heterocycles. The van der Waals surface area contributed by atoms with E-state index in [1.54, 1.807) is 0 Å². The molecule has 4 N–H and O–H groups in total. The maximum Gasteiger partial charge on any atom is 2.00 e. The van der Waals surface area contributed by atoms with Crippen LogP contribution in [-0.4, -0.2) is 79.6 Å². The maximum absolute atomic E-state index is 10.6. The fourth-order valence-electron chi connectivity index (χ4n) is 0.903. The summed E-state index contributed by atoms with van der Waals surface area (Å²) in [5, 5.41) is 33.8. The van der Waals surface area contributed by atoms with Gasteiger partial charge >= 0.3 is 46.9 Å². The molecule has 0 spiro atoms. The summed E-state index contributed by atoms with van der Waals surface area (Å²) < 4.78 is 4.43. The molecule has 0 fully saturated rings. The van der Waals surface area contributed by atoms with Crippen LogP contribution < -0.4 is 0 Å². The van der Waals surface area contributed by atoms with Gasteiger partial charge in [0.1, 0.15) is 0 Å². The molecule has 0 bridgehead atoms. The average molecular weight is 276 g/mol. The van der Waals surface area contributed by atoms with E-state index in [-0.39, 0.29) is 25.9 Å². The molecule has 100 valence electrons. The van der Waals surface area contributed by atoms with Gasteiger partial charge in [-0.1, -0.05) is 0 Å². The molecule has 0 aromatic rings. The fraction of sp³-hybridized carbons (Fsp3) is 0.500. The van der Waals surface area contributed by atoms with E-state index in [4.69, 9.17) is 20.4 Å². The Morgan fingerprint density at radius 3 is 1.28 bits per heavy atom. The number of ether oxygens (including phenoxy) is 1. The number of carboxylic acids is 4. The van der Waals surface area contributed by atoms with Gasteiger partial charge in [0.15, 0.2) is 12.2 Å². The zero-order valence-corrected chi connectivity index (χ0v) is 10.5. The van der Waals surface area contributed by atoms with Crippen LogP contribution in [0.4, 0.5) is 0 Å². The van der Waals surface area contributed by atoms with E-state index in [2.05, 4.69) is 4.74 Å². The number of rotatable bonds is 8. The normalized spacial score (nSPS) is 12.9. The molecule has 2 atom stereocenters. The number of aliphatic carboxylic acids is 4. The van der Waals surface area contributed by atoms with Gasteiger partial charge < -0.3 is 28.0 Å². The van der Waals surface area contributed by atoms with E-state index < -0.39 is 48.9 Å². The first-order valence-electron chi connectivity index (χ1n) is 4.28. The van der Waals surface area contributed by atoms with Gasteiger partial charge in [-0.2, -0.15) is 0 Å². The summed E-state index contributed by atoms with van der Waals surface area (Å²) in [6.45, 7) is 0. The Hall–Kier alpha value is -1.39. The first kappa shape index (κ1) is 19.0. The van der Waals surface area contributed by atoms with E-state index >= 15 is 0 Å². The summed E-state index contributed by atoms with van der Waals surface area (Å²) in [4.78, 5) is 41.7. The number of hydrogen-bond acceptors (Lipinski definition) is 5. The minimum Gasteiger partial charge on any atom is -1.00 e. The third kappa shape index (κ3) is 7.81. The third-order valence-corrected chi connectivity index (χ3v) is 1.60. The van der Waals surface area contributed by atoms with Crippen molar-refractivity contribution in [1.82, 2.24) is 0 Å². The minimum absolute atomic E-state index is 0. The van der Waals surface area contributed by atoms with Crippen LogP contribution in [0.2, 0.25) is 0 Å². The van der Waals surface area contributed by atoms with Gasteiger partial charge in [-0.15, -0.1) is 0 Å². The zero-order chi connectivity index (χ0) is 13.6. The standard InChI is InChI=1S/C8H10O9.Mg.2H/c9-5(10)1-3(7(13)14)17-4(8(15)16)2-6(11)12;;;/h3-4H,1-2H2,(H,9,10)(H,11,12)(H,13,14)(H,15,16);;;/q;+2;2*-1. The SMILES string of the molecule is O=C(O)CC(OC(CC(=O)O)C(=O)O)C(=O)O.[H-].[H-].[Mg+2]. The topological polar surface area (TPSA) is 158 Å². The van der Waals surface area contributed by atoms with Crippen molar-refractivity contribution in [3.8, 4) is 0 Å². The molecule has 9 nitrogen and oxygen atoms in total. The predicted molar refractivity (Wildman–Crippen MR) is 56.4 cm³/mol. The van der Waals surface area contributed by atoms with E-state index in [1.165, 1.54) is 0 Å². The molecule has 0 radical (unpaired) electrons. The number of hydrogen-bond donors (Lipinski definition) is 4. The Kier molecular flexibility index (Phi) is 9.12. The van der Waals surface area contributed by atoms with Crippen LogP contribution >= 0.6 is 0 Å². The first-order valence-corrected chi connectivity index (χ1v) is 4.28. The van der Waals surface area contributed by atoms with Crippen LogP contribution in [0.1, 0.15) is 15.7 Å². The second-order valence-corrected chi connectivity index (χ2v) is 2.99. The molecule has 0 saturated carbocycles. The molecule has 0 aliphatic heterocycles. The van der Waals surface area contributed by atoms with Gasteiger partial charge in [0, 0.05) is 0 Å². The maximum atomic E-state index is 10.6. The Morgan fingerprint density at radius 2 is 1.11 bits per heavy atom. The van der Waals surface area contributed by atoms with E-state index in [0.29, 0.717) is 0 Å². The molecule has 0 aromatic heterocycles. The molecule has 0 aliphatic carbocycles. The first-order chi connectivity index (χ1) is 7.73. The molecule has 0 heterocycles. The molecular formula is C8H12MgO9. The van der Waals surface area contributed by atoms with E-state index in [9.17, 15) is 19.2 Å². The molecule has 18 heavy (non-hydrogen) atoms. The summed E-state index contributed by atoms with van der Waals surface area (Å²) in [7, 11) is 0. The average Bonchev–Trinajstić information content (AvgIpc) is 2.13. The van der Waals surface area contributed by atoms with Crippen molar-refractivity contribution >= 4 is 46.9 Å². The van der Waals surface area contributed by atoms with Gasteiger partial charge in [0.05, 0.1) is 12.8 Å². The summed E-state index contributed by atoms with van der Waals surface area (Å²) >= 11 is 0. The van der Waals surface area contributed by atoms with Gasteiger partial charge in [-0.3, -0.25) is 9.59 Å². The fourth-order valence-corrected chi connectivity index (χ4v) is 0.903. The van der Waals surface area contributed by atoms with Crippen molar-refractivity contribution in [2.75, 3.05) is 0 Å². The van der Waals surface area contributed by atoms with Gasteiger partial charge in [-0.05, 0) is 0 Å². The number of carboxylic acid groups (broad SMARTS) is 4. The van der Waals surface area contributed by atoms with Crippen molar-refractivity contribution in [1.29, 1.82) is 0 Å². The molecule has 10 heteroatoms. The second-order valence-electron chi connectivity index (χ2n) is 2.99. The van der Waals surface area contributed by atoms with Crippen LogP contribution in [0.5, 0.6) is 0 Å². The Balaban J connectivity index is -0.000000427. The van der Waals surface area contributed by atoms with Crippen LogP contribution in [0.3, 0.4) is 0 Å². The van der Waals surface area contributed by atoms with Crippen LogP contribution in [0.25, 0.3) is 0 Å². The predicted octanol–water partition coefficient (Wildman–Crippen LogP) is -1.30. The largest absolute Gasteiger partial charge is 2.00 e. The van der Waals surface area contributed by atoms with Crippen LogP contribution in [0, 0.1) is 0 Å². The zero-order valence-electron chi connectivity index (χ0n) is 11.1. The van der Waals surface area contributed by atoms with Crippen LogP contribution in [-0.2, 0) is 23.9 Å². The second kappa shape index (κ2) is 8.66. The summed E-state index contributed by atoms with van der Waals surface area (Å²) in [6, 6.07) is 0. The Morgan fingerprint density at radius 1 is 0.833 bits per heavy atom.